The summed E-state index contributed by atoms with van der Waals surface area (Å²) < 4.78 is 29.4. The fraction of sp³-hybridized carbons (Fsp3) is 0.417. The summed E-state index contributed by atoms with van der Waals surface area (Å²) in [6, 6.07) is 6.28. The predicted molar refractivity (Wildman–Crippen MR) is 79.0 cm³/mol. The Kier molecular flexibility index (Phi) is 4.78. The SMILES string of the molecule is CNC1COCC1C(=O)Nc1cccc(NS(N)(=O)=O)c1. The van der Waals surface area contributed by atoms with Crippen molar-refractivity contribution in [2.75, 3.05) is 30.3 Å². The molecule has 1 amide bonds. The Labute approximate surface area is 123 Å². The van der Waals surface area contributed by atoms with Gasteiger partial charge in [0.15, 0.2) is 0 Å². The van der Waals surface area contributed by atoms with Crippen LogP contribution >= 0.6 is 0 Å². The molecule has 0 aromatic heterocycles. The fourth-order valence-corrected chi connectivity index (χ4v) is 2.61. The van der Waals surface area contributed by atoms with Crippen LogP contribution in [0.1, 0.15) is 0 Å². The molecule has 1 saturated heterocycles. The Bertz CT molecular complexity index is 619. The van der Waals surface area contributed by atoms with E-state index in [0.717, 1.165) is 0 Å². The summed E-state index contributed by atoms with van der Waals surface area (Å²) in [5, 5.41) is 10.7. The van der Waals surface area contributed by atoms with Crippen molar-refractivity contribution in [3.05, 3.63) is 24.3 Å². The number of amides is 1. The van der Waals surface area contributed by atoms with E-state index in [1.807, 2.05) is 0 Å². The lowest BCUT2D eigenvalue weighted by molar-refractivity contribution is -0.120. The highest BCUT2D eigenvalue weighted by atomic mass is 32.2. The number of benzene rings is 1. The van der Waals surface area contributed by atoms with E-state index in [4.69, 9.17) is 9.88 Å². The van der Waals surface area contributed by atoms with Crippen molar-refractivity contribution < 1.29 is 17.9 Å². The summed E-state index contributed by atoms with van der Waals surface area (Å²) in [6.45, 7) is 0.841. The first-order valence-electron chi connectivity index (χ1n) is 6.35. The topological polar surface area (TPSA) is 123 Å². The van der Waals surface area contributed by atoms with Gasteiger partial charge in [0.25, 0.3) is 10.2 Å². The van der Waals surface area contributed by atoms with Crippen LogP contribution in [0.5, 0.6) is 0 Å². The molecule has 0 saturated carbocycles. The van der Waals surface area contributed by atoms with Crippen molar-refractivity contribution >= 4 is 27.5 Å². The van der Waals surface area contributed by atoms with Crippen LogP contribution in [0.25, 0.3) is 0 Å². The molecule has 0 aliphatic carbocycles. The van der Waals surface area contributed by atoms with Crippen LogP contribution in [0.2, 0.25) is 0 Å². The zero-order valence-electron chi connectivity index (χ0n) is 11.5. The van der Waals surface area contributed by atoms with Crippen molar-refractivity contribution in [3.63, 3.8) is 0 Å². The van der Waals surface area contributed by atoms with E-state index in [1.165, 1.54) is 12.1 Å². The number of hydrogen-bond acceptors (Lipinski definition) is 5. The number of anilines is 2. The maximum Gasteiger partial charge on any atom is 0.296 e. The quantitative estimate of drug-likeness (QED) is 0.582. The molecule has 2 rings (SSSR count). The summed E-state index contributed by atoms with van der Waals surface area (Å²) in [5.74, 6) is -0.468. The van der Waals surface area contributed by atoms with Crippen LogP contribution in [-0.2, 0) is 19.7 Å². The molecule has 0 bridgehead atoms. The molecular weight excluding hydrogens is 296 g/mol. The van der Waals surface area contributed by atoms with E-state index in [0.29, 0.717) is 18.9 Å². The van der Waals surface area contributed by atoms with E-state index >= 15 is 0 Å². The average Bonchev–Trinajstić information content (AvgIpc) is 2.85. The van der Waals surface area contributed by atoms with Gasteiger partial charge in [-0.15, -0.1) is 0 Å². The number of likely N-dealkylation sites (N-methyl/N-ethyl adjacent to an activating group) is 1. The average molecular weight is 314 g/mol. The minimum Gasteiger partial charge on any atom is -0.379 e. The molecule has 2 unspecified atom stereocenters. The number of nitrogens with one attached hydrogen (secondary N) is 3. The lowest BCUT2D eigenvalue weighted by Gasteiger charge is -2.16. The molecule has 1 heterocycles. The third-order valence-corrected chi connectivity index (χ3v) is 3.70. The number of carbonyl (C=O) groups is 1. The summed E-state index contributed by atoms with van der Waals surface area (Å²) in [6.07, 6.45) is 0. The van der Waals surface area contributed by atoms with Gasteiger partial charge in [-0.05, 0) is 25.2 Å². The summed E-state index contributed by atoms with van der Waals surface area (Å²) in [5.41, 5.74) is 0.763. The Morgan fingerprint density at radius 2 is 2.05 bits per heavy atom. The predicted octanol–water partition coefficient (Wildman–Crippen LogP) is -0.525. The molecule has 116 valence electrons. The van der Waals surface area contributed by atoms with E-state index in [9.17, 15) is 13.2 Å². The first kappa shape index (κ1) is 15.7. The van der Waals surface area contributed by atoms with Gasteiger partial charge in [0.1, 0.15) is 0 Å². The second-order valence-electron chi connectivity index (χ2n) is 4.76. The maximum atomic E-state index is 12.2. The molecule has 1 aromatic rings. The highest BCUT2D eigenvalue weighted by molar-refractivity contribution is 7.90. The number of hydrogen-bond donors (Lipinski definition) is 4. The fourth-order valence-electron chi connectivity index (χ4n) is 2.16. The zero-order chi connectivity index (χ0) is 15.5. The van der Waals surface area contributed by atoms with E-state index in [1.54, 1.807) is 19.2 Å². The number of ether oxygens (including phenoxy) is 1. The van der Waals surface area contributed by atoms with Gasteiger partial charge in [-0.25, -0.2) is 5.14 Å². The summed E-state index contributed by atoms with van der Waals surface area (Å²) >= 11 is 0. The van der Waals surface area contributed by atoms with Gasteiger partial charge in [-0.1, -0.05) is 6.07 Å². The molecule has 8 nitrogen and oxygen atoms in total. The summed E-state index contributed by atoms with van der Waals surface area (Å²) in [4.78, 5) is 12.2. The minimum absolute atomic E-state index is 0.0317. The summed E-state index contributed by atoms with van der Waals surface area (Å²) in [7, 11) is -2.07. The van der Waals surface area contributed by atoms with Gasteiger partial charge >= 0.3 is 0 Å². The second kappa shape index (κ2) is 6.39. The molecule has 0 spiro atoms. The van der Waals surface area contributed by atoms with Gasteiger partial charge < -0.3 is 15.4 Å². The molecule has 1 aliphatic rings. The van der Waals surface area contributed by atoms with Gasteiger partial charge in [0.2, 0.25) is 5.91 Å². The Hall–Kier alpha value is -1.68. The van der Waals surface area contributed by atoms with Crippen LogP contribution in [0.4, 0.5) is 11.4 Å². The molecular formula is C12H18N4O4S. The molecule has 21 heavy (non-hydrogen) atoms. The van der Waals surface area contributed by atoms with Crippen molar-refractivity contribution in [2.24, 2.45) is 11.1 Å². The van der Waals surface area contributed by atoms with E-state index in [2.05, 4.69) is 15.4 Å². The highest BCUT2D eigenvalue weighted by Crippen LogP contribution is 2.19. The van der Waals surface area contributed by atoms with Gasteiger partial charge in [0.05, 0.1) is 24.8 Å². The number of carbonyl (C=O) groups excluding carboxylic acids is 1. The van der Waals surface area contributed by atoms with Crippen molar-refractivity contribution in [1.29, 1.82) is 0 Å². The molecule has 9 heteroatoms. The largest absolute Gasteiger partial charge is 0.379 e. The number of rotatable bonds is 5. The third-order valence-electron chi connectivity index (χ3n) is 3.18. The molecule has 1 aliphatic heterocycles. The van der Waals surface area contributed by atoms with Crippen LogP contribution in [0.15, 0.2) is 24.3 Å². The minimum atomic E-state index is -3.84. The standard InChI is InChI=1S/C12H18N4O4S/c1-14-11-7-20-6-10(11)12(17)15-8-3-2-4-9(5-8)16-21(13,18)19/h2-5,10-11,14,16H,6-7H2,1H3,(H,15,17)(H2,13,18,19). The first-order chi connectivity index (χ1) is 9.89. The lowest BCUT2D eigenvalue weighted by atomic mass is 10.0. The molecule has 5 N–H and O–H groups in total. The highest BCUT2D eigenvalue weighted by Gasteiger charge is 2.32. The molecule has 2 atom stereocenters. The van der Waals surface area contributed by atoms with Gasteiger partial charge in [-0.2, -0.15) is 8.42 Å². The van der Waals surface area contributed by atoms with Crippen LogP contribution in [0.3, 0.4) is 0 Å². The van der Waals surface area contributed by atoms with Crippen LogP contribution in [0, 0.1) is 5.92 Å². The Morgan fingerprint density at radius 3 is 2.71 bits per heavy atom. The monoisotopic (exact) mass is 314 g/mol. The van der Waals surface area contributed by atoms with E-state index in [-0.39, 0.29) is 23.6 Å². The van der Waals surface area contributed by atoms with Crippen molar-refractivity contribution in [1.82, 2.24) is 5.32 Å². The zero-order valence-corrected chi connectivity index (χ0v) is 12.3. The van der Waals surface area contributed by atoms with Gasteiger partial charge in [-0.3, -0.25) is 9.52 Å². The van der Waals surface area contributed by atoms with E-state index < -0.39 is 10.2 Å². The smallest absolute Gasteiger partial charge is 0.296 e. The van der Waals surface area contributed by atoms with Crippen LogP contribution < -0.4 is 20.5 Å². The molecule has 1 fully saturated rings. The molecule has 0 radical (unpaired) electrons. The van der Waals surface area contributed by atoms with Crippen LogP contribution in [-0.4, -0.2) is 40.6 Å². The number of nitrogens with two attached hydrogens (primary N) is 1. The second-order valence-corrected chi connectivity index (χ2v) is 6.05. The van der Waals surface area contributed by atoms with Crippen molar-refractivity contribution in [2.45, 2.75) is 6.04 Å². The Balaban J connectivity index is 2.06. The normalized spacial score (nSPS) is 22.0. The lowest BCUT2D eigenvalue weighted by Crippen LogP contribution is -2.39. The maximum absolute atomic E-state index is 12.2. The van der Waals surface area contributed by atoms with Gasteiger partial charge in [0, 0.05) is 11.7 Å². The molecule has 1 aromatic carbocycles. The Morgan fingerprint density at radius 1 is 1.33 bits per heavy atom. The third kappa shape index (κ3) is 4.39. The first-order valence-corrected chi connectivity index (χ1v) is 7.90. The van der Waals surface area contributed by atoms with Crippen molar-refractivity contribution in [3.8, 4) is 0 Å².